The van der Waals surface area contributed by atoms with Crippen LogP contribution in [0.25, 0.3) is 0 Å². The summed E-state index contributed by atoms with van der Waals surface area (Å²) in [4.78, 5) is 0. The Morgan fingerprint density at radius 1 is 1.88 bits per heavy atom. The van der Waals surface area contributed by atoms with Crippen molar-refractivity contribution < 1.29 is 0 Å². The Kier molecular flexibility index (Phi) is 1.55. The van der Waals surface area contributed by atoms with Gasteiger partial charge in [-0.3, -0.25) is 11.1 Å². The van der Waals surface area contributed by atoms with Gasteiger partial charge in [-0.15, -0.1) is 0 Å². The standard InChI is InChI=1S/C4H10BN3/c5-3-1-7-4(6)8-2-3/h1,4,7-8H,2,5-6H2. The molecule has 4 heteroatoms. The van der Waals surface area contributed by atoms with Crippen molar-refractivity contribution in [1.29, 1.82) is 0 Å². The molecule has 8 heavy (non-hydrogen) atoms. The number of hydrogen-bond acceptors (Lipinski definition) is 3. The van der Waals surface area contributed by atoms with E-state index in [-0.39, 0.29) is 6.29 Å². The molecule has 0 aliphatic carbocycles. The summed E-state index contributed by atoms with van der Waals surface area (Å²) in [5, 5.41) is 5.97. The first-order chi connectivity index (χ1) is 3.79. The van der Waals surface area contributed by atoms with E-state index in [1.807, 2.05) is 14.0 Å². The van der Waals surface area contributed by atoms with E-state index < -0.39 is 0 Å². The molecule has 0 saturated carbocycles. The van der Waals surface area contributed by atoms with Crippen LogP contribution in [-0.4, -0.2) is 20.7 Å². The SMILES string of the molecule is BC1=CNC(N)NC1. The molecule has 1 heterocycles. The molecule has 0 aromatic heterocycles. The lowest BCUT2D eigenvalue weighted by Gasteiger charge is -2.19. The summed E-state index contributed by atoms with van der Waals surface area (Å²) >= 11 is 0. The van der Waals surface area contributed by atoms with Crippen LogP contribution >= 0.6 is 0 Å². The van der Waals surface area contributed by atoms with Crippen molar-refractivity contribution in [2.75, 3.05) is 6.54 Å². The summed E-state index contributed by atoms with van der Waals surface area (Å²) in [6.45, 7) is 0.897. The van der Waals surface area contributed by atoms with Crippen molar-refractivity contribution in [2.24, 2.45) is 5.73 Å². The van der Waals surface area contributed by atoms with Gasteiger partial charge in [-0.1, -0.05) is 5.47 Å². The van der Waals surface area contributed by atoms with Crippen molar-refractivity contribution in [3.8, 4) is 0 Å². The van der Waals surface area contributed by atoms with Crippen LogP contribution in [0.3, 0.4) is 0 Å². The fourth-order valence-corrected chi connectivity index (χ4v) is 0.613. The summed E-state index contributed by atoms with van der Waals surface area (Å²) < 4.78 is 0. The molecule has 0 bridgehead atoms. The van der Waals surface area contributed by atoms with Gasteiger partial charge in [0.25, 0.3) is 0 Å². The highest BCUT2D eigenvalue weighted by Crippen LogP contribution is 1.86. The van der Waals surface area contributed by atoms with Crippen LogP contribution in [0.2, 0.25) is 0 Å². The Labute approximate surface area is 49.7 Å². The lowest BCUT2D eigenvalue weighted by molar-refractivity contribution is 0.489. The lowest BCUT2D eigenvalue weighted by atomic mass is 9.96. The van der Waals surface area contributed by atoms with E-state index in [9.17, 15) is 0 Å². The number of nitrogens with two attached hydrogens (primary N) is 1. The fraction of sp³-hybridized carbons (Fsp3) is 0.500. The lowest BCUT2D eigenvalue weighted by Crippen LogP contribution is -2.50. The molecule has 3 nitrogen and oxygen atoms in total. The fourth-order valence-electron chi connectivity index (χ4n) is 0.613. The quantitative estimate of drug-likeness (QED) is 0.314. The first-order valence-electron chi connectivity index (χ1n) is 2.70. The van der Waals surface area contributed by atoms with Gasteiger partial charge in [0.15, 0.2) is 0 Å². The van der Waals surface area contributed by atoms with Gasteiger partial charge in [-0.2, -0.15) is 0 Å². The second-order valence-electron chi connectivity index (χ2n) is 2.02. The Bertz CT molecular complexity index is 112. The molecule has 1 unspecified atom stereocenters. The Morgan fingerprint density at radius 3 is 3.00 bits per heavy atom. The third-order valence-electron chi connectivity index (χ3n) is 1.11. The number of hydrogen-bond donors (Lipinski definition) is 3. The molecule has 0 spiro atoms. The van der Waals surface area contributed by atoms with Gasteiger partial charge < -0.3 is 5.32 Å². The average Bonchev–Trinajstić information content (AvgIpc) is 1.77. The van der Waals surface area contributed by atoms with Gasteiger partial charge in [-0.25, -0.2) is 0 Å². The van der Waals surface area contributed by atoms with Crippen molar-refractivity contribution >= 4 is 7.85 Å². The van der Waals surface area contributed by atoms with Crippen LogP contribution in [0.4, 0.5) is 0 Å². The molecule has 44 valence electrons. The molecular weight excluding hydrogens is 101 g/mol. The molecule has 1 aliphatic heterocycles. The monoisotopic (exact) mass is 111 g/mol. The highest BCUT2D eigenvalue weighted by Gasteiger charge is 2.01. The van der Waals surface area contributed by atoms with Gasteiger partial charge in [0.1, 0.15) is 14.1 Å². The first kappa shape index (κ1) is 5.66. The Hall–Kier alpha value is -0.475. The van der Waals surface area contributed by atoms with Crippen LogP contribution in [0, 0.1) is 0 Å². The largest absolute Gasteiger partial charge is 0.365 e. The summed E-state index contributed by atoms with van der Waals surface area (Å²) in [7, 11) is 2.05. The smallest absolute Gasteiger partial charge is 0.137 e. The zero-order valence-electron chi connectivity index (χ0n) is 4.94. The highest BCUT2D eigenvalue weighted by molar-refractivity contribution is 6.21. The van der Waals surface area contributed by atoms with Crippen molar-refractivity contribution in [3.63, 3.8) is 0 Å². The van der Waals surface area contributed by atoms with Crippen molar-refractivity contribution in [1.82, 2.24) is 10.6 Å². The van der Waals surface area contributed by atoms with Crippen LogP contribution < -0.4 is 16.4 Å². The maximum absolute atomic E-state index is 5.43. The average molecular weight is 111 g/mol. The summed E-state index contributed by atoms with van der Waals surface area (Å²) in [6.07, 6.45) is 1.87. The minimum Gasteiger partial charge on any atom is -0.365 e. The topological polar surface area (TPSA) is 50.1 Å². The molecule has 4 N–H and O–H groups in total. The van der Waals surface area contributed by atoms with Gasteiger partial charge >= 0.3 is 0 Å². The molecule has 1 atom stereocenters. The van der Waals surface area contributed by atoms with E-state index in [1.54, 1.807) is 0 Å². The maximum atomic E-state index is 5.43. The predicted octanol–water partition coefficient (Wildman–Crippen LogP) is -2.10. The maximum Gasteiger partial charge on any atom is 0.137 e. The van der Waals surface area contributed by atoms with E-state index in [2.05, 4.69) is 10.6 Å². The molecule has 0 fully saturated rings. The molecule has 0 aromatic carbocycles. The Morgan fingerprint density at radius 2 is 2.62 bits per heavy atom. The minimum atomic E-state index is -0.0568. The van der Waals surface area contributed by atoms with E-state index in [0.29, 0.717) is 0 Å². The normalized spacial score (nSPS) is 28.6. The van der Waals surface area contributed by atoms with Crippen LogP contribution in [-0.2, 0) is 0 Å². The van der Waals surface area contributed by atoms with Crippen LogP contribution in [0.15, 0.2) is 11.7 Å². The zero-order valence-corrected chi connectivity index (χ0v) is 4.94. The molecule has 1 aliphatic rings. The second-order valence-corrected chi connectivity index (χ2v) is 2.02. The molecular formula is C4H10BN3. The number of nitrogens with one attached hydrogen (secondary N) is 2. The van der Waals surface area contributed by atoms with Gasteiger partial charge in [0.2, 0.25) is 0 Å². The third-order valence-corrected chi connectivity index (χ3v) is 1.11. The van der Waals surface area contributed by atoms with Crippen LogP contribution in [0.5, 0.6) is 0 Å². The van der Waals surface area contributed by atoms with Crippen molar-refractivity contribution in [3.05, 3.63) is 11.7 Å². The van der Waals surface area contributed by atoms with Gasteiger partial charge in [0.05, 0.1) is 0 Å². The molecule has 0 amide bonds. The van der Waals surface area contributed by atoms with Gasteiger partial charge in [-0.05, 0) is 6.20 Å². The summed E-state index contributed by atoms with van der Waals surface area (Å²) in [5.41, 5.74) is 6.71. The Balaban J connectivity index is 2.42. The molecule has 0 saturated heterocycles. The van der Waals surface area contributed by atoms with Crippen LogP contribution in [0.1, 0.15) is 0 Å². The zero-order chi connectivity index (χ0) is 5.98. The first-order valence-corrected chi connectivity index (χ1v) is 2.70. The molecule has 0 aromatic rings. The molecule has 0 radical (unpaired) electrons. The van der Waals surface area contributed by atoms with E-state index >= 15 is 0 Å². The summed E-state index contributed by atoms with van der Waals surface area (Å²) in [5.74, 6) is 0. The van der Waals surface area contributed by atoms with E-state index in [1.165, 1.54) is 5.47 Å². The third kappa shape index (κ3) is 1.25. The molecule has 1 rings (SSSR count). The second kappa shape index (κ2) is 2.20. The van der Waals surface area contributed by atoms with E-state index in [4.69, 9.17) is 5.73 Å². The summed E-state index contributed by atoms with van der Waals surface area (Å²) in [6, 6.07) is 0. The van der Waals surface area contributed by atoms with Gasteiger partial charge in [0, 0.05) is 6.54 Å². The van der Waals surface area contributed by atoms with Crippen molar-refractivity contribution in [2.45, 2.75) is 6.29 Å². The highest BCUT2D eigenvalue weighted by atomic mass is 15.2. The predicted molar refractivity (Wildman–Crippen MR) is 35.7 cm³/mol. The van der Waals surface area contributed by atoms with E-state index in [0.717, 1.165) is 6.54 Å². The minimum absolute atomic E-state index is 0.0568. The number of rotatable bonds is 0.